The molecule has 2 amide bonds. The molecule has 2 saturated heterocycles. The molecule has 333 valence electrons. The van der Waals surface area contributed by atoms with E-state index in [1.807, 2.05) is 31.7 Å². The molecule has 16 nitrogen and oxygen atoms in total. The van der Waals surface area contributed by atoms with Crippen LogP contribution >= 0.6 is 0 Å². The number of aliphatic hydroxyl groups excluding tert-OH is 1. The first-order chi connectivity index (χ1) is 29.4. The third-order valence-corrected chi connectivity index (χ3v) is 11.8. The number of pyridine rings is 2. The molecule has 1 radical (unpaired) electrons. The number of aromatic nitrogens is 2. The zero-order valence-corrected chi connectivity index (χ0v) is 38.8. The van der Waals surface area contributed by atoms with Gasteiger partial charge in [0.25, 0.3) is 5.56 Å². The van der Waals surface area contributed by atoms with Gasteiger partial charge in [-0.2, -0.15) is 0 Å². The molecular weight excluding hydrogens is 875 g/mol. The SMILES string of the molecule is CC.CCc1c2c(nc3ccc(O)cc13)-c1cc3c(c(=O)n1C2)COC(=O)C3O.O=C(/C=C/CCCCCCCCC(=O)N1CC[N-]CC1)N1CCC(C(=O)O)(C(=O)O)CC1.[Y]. The zero-order valence-electron chi connectivity index (χ0n) is 35.9. The molecule has 0 saturated carbocycles. The Morgan fingerprint density at radius 1 is 0.903 bits per heavy atom. The van der Waals surface area contributed by atoms with E-state index in [4.69, 9.17) is 9.72 Å². The smallest absolute Gasteiger partial charge is 0.340 e. The quantitative estimate of drug-likeness (QED) is 0.0567. The summed E-state index contributed by atoms with van der Waals surface area (Å²) in [5.74, 6) is -3.20. The number of amides is 2. The molecule has 3 aromatic rings. The summed E-state index contributed by atoms with van der Waals surface area (Å²) in [5.41, 5.74) is 2.49. The fourth-order valence-electron chi connectivity index (χ4n) is 8.28. The third-order valence-electron chi connectivity index (χ3n) is 11.8. The summed E-state index contributed by atoms with van der Waals surface area (Å²) >= 11 is 0. The van der Waals surface area contributed by atoms with Crippen LogP contribution in [0.25, 0.3) is 27.6 Å². The van der Waals surface area contributed by atoms with E-state index in [1.165, 1.54) is 11.0 Å². The summed E-state index contributed by atoms with van der Waals surface area (Å²) < 4.78 is 6.52. The van der Waals surface area contributed by atoms with Crippen molar-refractivity contribution in [3.05, 3.63) is 74.3 Å². The number of hydrogen-bond acceptors (Lipinski definition) is 10. The van der Waals surface area contributed by atoms with Crippen LogP contribution in [0.1, 0.15) is 113 Å². The van der Waals surface area contributed by atoms with Crippen molar-refractivity contribution in [1.82, 2.24) is 19.4 Å². The Morgan fingerprint density at radius 2 is 1.55 bits per heavy atom. The van der Waals surface area contributed by atoms with E-state index in [0.29, 0.717) is 35.5 Å². The van der Waals surface area contributed by atoms with Gasteiger partial charge in [-0.1, -0.05) is 52.5 Å². The molecule has 2 aromatic heterocycles. The van der Waals surface area contributed by atoms with Crippen LogP contribution in [-0.4, -0.2) is 109 Å². The Labute approximate surface area is 386 Å². The summed E-state index contributed by atoms with van der Waals surface area (Å²) in [4.78, 5) is 79.8. The summed E-state index contributed by atoms with van der Waals surface area (Å²) in [6.07, 6.45) is 10.1. The number of esters is 1. The standard InChI is InChI=1S/C23H36N3O6.C20H16N2O5.C2H6.Y/c27-19(25-15-11-23(12-16-25,21(29)30)22(31)32)9-7-5-3-1-2-4-6-8-10-20(28)26-17-13-24-14-18-26;1-2-10-11-5-9(23)3-4-15(11)21-17-13(10)7-22-16(17)6-12-14(19(22)25)8-27-20(26)18(12)24;1-2;/h7,9H,1-6,8,10-18H2,(H,29,30)(H,31,32);3-6,18,23-24H,2,7-8H2,1H3;1-2H3;/q-1;;;/b9-7+;;;. The fourth-order valence-corrected chi connectivity index (χ4v) is 8.28. The number of cyclic esters (lactones) is 1. The Balaban J connectivity index is 0.000000260. The van der Waals surface area contributed by atoms with E-state index >= 15 is 0 Å². The van der Waals surface area contributed by atoms with Gasteiger partial charge in [-0.15, -0.1) is 13.1 Å². The maximum absolute atomic E-state index is 13.0. The number of phenols is 1. The molecule has 2 fully saturated rings. The Kier molecular flexibility index (Phi) is 18.8. The fraction of sp³-hybridized carbons (Fsp3) is 0.533. The average molecular weight is 934 g/mol. The van der Waals surface area contributed by atoms with Gasteiger partial charge in [-0.3, -0.25) is 24.0 Å². The summed E-state index contributed by atoms with van der Waals surface area (Å²) in [5, 5.41) is 43.6. The van der Waals surface area contributed by atoms with Crippen LogP contribution in [0.15, 0.2) is 41.2 Å². The second kappa shape index (κ2) is 23.3. The number of aliphatic hydroxyl groups is 1. The number of fused-ring (bicyclic) bond motifs is 5. The van der Waals surface area contributed by atoms with Crippen LogP contribution in [0.5, 0.6) is 5.75 Å². The predicted molar refractivity (Wildman–Crippen MR) is 227 cm³/mol. The van der Waals surface area contributed by atoms with E-state index in [2.05, 4.69) is 5.32 Å². The van der Waals surface area contributed by atoms with E-state index in [9.17, 15) is 49.2 Å². The minimum atomic E-state index is -1.78. The van der Waals surface area contributed by atoms with Crippen LogP contribution in [0, 0.1) is 5.41 Å². The van der Waals surface area contributed by atoms with Crippen molar-refractivity contribution in [1.29, 1.82) is 0 Å². The van der Waals surface area contributed by atoms with Gasteiger partial charge in [0.2, 0.25) is 11.8 Å². The topological polar surface area (TPSA) is 231 Å². The number of phenolic OH excluding ortho intramolecular Hbond substituents is 1. The molecule has 1 unspecified atom stereocenters. The molecule has 4 aliphatic rings. The molecule has 1 aromatic carbocycles. The molecule has 62 heavy (non-hydrogen) atoms. The monoisotopic (exact) mass is 933 g/mol. The van der Waals surface area contributed by atoms with E-state index in [-0.39, 0.29) is 88.4 Å². The van der Waals surface area contributed by atoms with Crippen molar-refractivity contribution in [2.45, 2.75) is 111 Å². The number of piperazine rings is 1. The molecule has 0 aliphatic carbocycles. The molecule has 4 aliphatic heterocycles. The van der Waals surface area contributed by atoms with Crippen LogP contribution in [0.3, 0.4) is 0 Å². The van der Waals surface area contributed by atoms with Crippen molar-refractivity contribution < 1.29 is 81.8 Å². The van der Waals surface area contributed by atoms with Crippen molar-refractivity contribution in [3.8, 4) is 17.1 Å². The Bertz CT molecular complexity index is 2180. The minimum Gasteiger partial charge on any atom is -0.659 e. The molecule has 0 bridgehead atoms. The maximum atomic E-state index is 13.0. The molecule has 17 heteroatoms. The number of piperidine rings is 1. The van der Waals surface area contributed by atoms with E-state index in [1.54, 1.807) is 28.8 Å². The number of rotatable bonds is 13. The van der Waals surface area contributed by atoms with E-state index < -0.39 is 29.4 Å². The van der Waals surface area contributed by atoms with Crippen molar-refractivity contribution in [3.63, 3.8) is 0 Å². The Hall–Kier alpha value is -4.51. The largest absolute Gasteiger partial charge is 0.659 e. The number of carbonyl (C=O) groups excluding carboxylic acids is 3. The van der Waals surface area contributed by atoms with Gasteiger partial charge in [0, 0.05) is 81.8 Å². The van der Waals surface area contributed by atoms with Gasteiger partial charge in [-0.25, -0.2) is 9.78 Å². The number of unbranched alkanes of at least 4 members (excludes halogenated alkanes) is 6. The number of aromatic hydroxyl groups is 1. The average Bonchev–Trinajstić information content (AvgIpc) is 3.64. The molecule has 7 rings (SSSR count). The Morgan fingerprint density at radius 3 is 2.19 bits per heavy atom. The number of carboxylic acids is 2. The van der Waals surface area contributed by atoms with Crippen LogP contribution in [0.4, 0.5) is 0 Å². The van der Waals surface area contributed by atoms with Crippen LogP contribution < -0.4 is 5.56 Å². The van der Waals surface area contributed by atoms with Crippen molar-refractivity contribution in [2.24, 2.45) is 5.41 Å². The molecule has 4 N–H and O–H groups in total. The van der Waals surface area contributed by atoms with Gasteiger partial charge in [0.15, 0.2) is 11.5 Å². The number of benzene rings is 1. The predicted octanol–water partition coefficient (Wildman–Crippen LogP) is 5.46. The van der Waals surface area contributed by atoms with Gasteiger partial charge in [-0.05, 0) is 74.4 Å². The van der Waals surface area contributed by atoms with Crippen molar-refractivity contribution >= 4 is 40.6 Å². The summed E-state index contributed by atoms with van der Waals surface area (Å²) in [6.45, 7) is 9.57. The second-order valence-corrected chi connectivity index (χ2v) is 15.5. The van der Waals surface area contributed by atoms with Gasteiger partial charge in [0.05, 0.1) is 29.0 Å². The third kappa shape index (κ3) is 11.4. The number of hydrogen-bond donors (Lipinski definition) is 4. The molecular formula is C45H58N5O11Y-. The number of ether oxygens (including phenoxy) is 1. The molecule has 1 atom stereocenters. The first kappa shape index (κ1) is 50.1. The first-order valence-electron chi connectivity index (χ1n) is 21.5. The molecule has 0 spiro atoms. The number of carbonyl (C=O) groups is 5. The number of aryl methyl sites for hydroxylation is 1. The first-order valence-corrected chi connectivity index (χ1v) is 21.5. The maximum Gasteiger partial charge on any atom is 0.340 e. The van der Waals surface area contributed by atoms with Gasteiger partial charge >= 0.3 is 17.9 Å². The van der Waals surface area contributed by atoms with Crippen LogP contribution in [-0.2, 0) is 81.0 Å². The minimum absolute atomic E-state index is 0. The number of aliphatic carboxylic acids is 2. The van der Waals surface area contributed by atoms with E-state index in [0.717, 1.165) is 99.6 Å². The number of likely N-dealkylation sites (tertiary alicyclic amines) is 1. The second-order valence-electron chi connectivity index (χ2n) is 15.5. The number of allylic oxidation sites excluding steroid dienone is 1. The zero-order chi connectivity index (χ0) is 44.3. The summed E-state index contributed by atoms with van der Waals surface area (Å²) in [7, 11) is 0. The number of carboxylic acid groups (broad SMARTS) is 2. The molecule has 6 heterocycles. The summed E-state index contributed by atoms with van der Waals surface area (Å²) in [6, 6.07) is 6.69. The van der Waals surface area contributed by atoms with Gasteiger partial charge in [0.1, 0.15) is 12.4 Å². The number of nitrogens with zero attached hydrogens (tertiary/aromatic N) is 5. The van der Waals surface area contributed by atoms with Crippen LogP contribution in [0.2, 0.25) is 0 Å². The normalized spacial score (nSPS) is 17.3. The van der Waals surface area contributed by atoms with Crippen molar-refractivity contribution in [2.75, 3.05) is 39.3 Å². The van der Waals surface area contributed by atoms with Gasteiger partial charge < -0.3 is 44.8 Å².